The lowest BCUT2D eigenvalue weighted by atomic mass is 9.93. The summed E-state index contributed by atoms with van der Waals surface area (Å²) >= 11 is 1.68. The molecule has 0 radical (unpaired) electrons. The van der Waals surface area contributed by atoms with Gasteiger partial charge in [-0.05, 0) is 56.6 Å². The van der Waals surface area contributed by atoms with Crippen LogP contribution in [-0.2, 0) is 18.0 Å². The molecule has 0 aliphatic heterocycles. The van der Waals surface area contributed by atoms with Crippen molar-refractivity contribution in [3.63, 3.8) is 0 Å². The predicted molar refractivity (Wildman–Crippen MR) is 174 cm³/mol. The third kappa shape index (κ3) is 8.21. The lowest BCUT2D eigenvalue weighted by molar-refractivity contribution is 0.0757. The van der Waals surface area contributed by atoms with Crippen LogP contribution in [0.15, 0.2) is 41.8 Å². The molecule has 1 aliphatic carbocycles. The summed E-state index contributed by atoms with van der Waals surface area (Å²) < 4.78 is 10.0. The van der Waals surface area contributed by atoms with Gasteiger partial charge < -0.3 is 9.64 Å². The summed E-state index contributed by atoms with van der Waals surface area (Å²) in [6, 6.07) is 7.14. The first-order chi connectivity index (χ1) is 19.9. The summed E-state index contributed by atoms with van der Waals surface area (Å²) in [7, 11) is 3.06. The molecule has 0 unspecified atom stereocenters. The Bertz CT molecular complexity index is 1560. The Kier molecular flexibility index (Phi) is 9.41. The van der Waals surface area contributed by atoms with Gasteiger partial charge in [-0.1, -0.05) is 57.7 Å². The lowest BCUT2D eigenvalue weighted by Gasteiger charge is -2.28. The van der Waals surface area contributed by atoms with Gasteiger partial charge in [-0.2, -0.15) is 15.2 Å². The number of aromatic nitrogens is 6. The summed E-state index contributed by atoms with van der Waals surface area (Å²) in [5.74, 6) is 1.18. The molecule has 226 valence electrons. The summed E-state index contributed by atoms with van der Waals surface area (Å²) in [4.78, 5) is 17.6. The third-order valence-electron chi connectivity index (χ3n) is 7.58. The number of nitrogens with zero attached hydrogens (tertiary/aromatic N) is 8. The molecule has 0 bridgehead atoms. The fraction of sp³-hybridized carbons (Fsp3) is 0.581. The average molecular weight is 607 g/mol. The highest BCUT2D eigenvalue weighted by molar-refractivity contribution is 7.08. The van der Waals surface area contributed by atoms with Crippen LogP contribution in [0.3, 0.4) is 0 Å². The molecule has 9 nitrogen and oxygen atoms in total. The molecule has 0 amide bonds. The Balaban J connectivity index is 1.39. The minimum atomic E-state index is -1.16. The molecular formula is C31H46N8OSSi. The van der Waals surface area contributed by atoms with Crippen molar-refractivity contribution in [3.05, 3.63) is 46.6 Å². The largest absolute Gasteiger partial charge is 0.359 e. The molecule has 0 aromatic carbocycles. The highest BCUT2D eigenvalue weighted by Gasteiger charge is 2.22. The predicted octanol–water partition coefficient (Wildman–Crippen LogP) is 6.54. The van der Waals surface area contributed by atoms with Gasteiger partial charge in [0.1, 0.15) is 11.7 Å². The van der Waals surface area contributed by atoms with Crippen molar-refractivity contribution in [2.45, 2.75) is 84.4 Å². The van der Waals surface area contributed by atoms with E-state index in [4.69, 9.17) is 24.8 Å². The fourth-order valence-corrected chi connectivity index (χ4v) is 7.44. The SMILES string of the molecule is CN(C)CC(C)(C)Cn1cc(-c2cnc3ccc(/N=c4\sc(C5CCCC5)nn4COCC[Si](C)(C)C)nc3c2)cn1. The first kappa shape index (κ1) is 30.7. The van der Waals surface area contributed by atoms with E-state index < -0.39 is 8.07 Å². The van der Waals surface area contributed by atoms with E-state index in [1.807, 2.05) is 33.9 Å². The van der Waals surface area contributed by atoms with E-state index in [9.17, 15) is 0 Å². The van der Waals surface area contributed by atoms with Crippen LogP contribution in [0.5, 0.6) is 0 Å². The van der Waals surface area contributed by atoms with Crippen molar-refractivity contribution in [3.8, 4) is 11.1 Å². The van der Waals surface area contributed by atoms with Crippen LogP contribution in [0.25, 0.3) is 22.2 Å². The van der Waals surface area contributed by atoms with Gasteiger partial charge in [-0.3, -0.25) is 9.67 Å². The molecule has 42 heavy (non-hydrogen) atoms. The number of fused-ring (bicyclic) bond motifs is 1. The smallest absolute Gasteiger partial charge is 0.211 e. The number of ether oxygens (including phenoxy) is 1. The summed E-state index contributed by atoms with van der Waals surface area (Å²) in [5.41, 5.74) is 3.79. The van der Waals surface area contributed by atoms with Gasteiger partial charge >= 0.3 is 0 Å². The molecule has 0 atom stereocenters. The molecule has 1 fully saturated rings. The first-order valence-corrected chi connectivity index (χ1v) is 19.6. The minimum absolute atomic E-state index is 0.108. The minimum Gasteiger partial charge on any atom is -0.359 e. The average Bonchev–Trinajstić information content (AvgIpc) is 3.66. The molecule has 4 aromatic heterocycles. The van der Waals surface area contributed by atoms with Crippen LogP contribution in [0.2, 0.25) is 25.7 Å². The van der Waals surface area contributed by atoms with Crippen molar-refractivity contribution in [1.82, 2.24) is 34.4 Å². The van der Waals surface area contributed by atoms with Gasteiger partial charge in [0.25, 0.3) is 0 Å². The van der Waals surface area contributed by atoms with Gasteiger partial charge in [0.2, 0.25) is 4.80 Å². The van der Waals surface area contributed by atoms with E-state index in [1.165, 1.54) is 25.7 Å². The standard InChI is InChI=1S/C31H46N8OSSi/c1-31(2,20-37(3)4)21-38-19-25(18-33-38)24-16-27-26(32-17-24)12-13-28(34-27)35-30-39(22-40-14-15-42(5,6)7)36-29(41-30)23-10-8-9-11-23/h12-13,16-19,23H,8-11,14-15,20-22H2,1-7H3/b35-30-. The maximum absolute atomic E-state index is 6.08. The number of hydrogen-bond acceptors (Lipinski definition) is 8. The summed E-state index contributed by atoms with van der Waals surface area (Å²) in [6.45, 7) is 14.7. The van der Waals surface area contributed by atoms with Crippen molar-refractivity contribution >= 4 is 36.3 Å². The number of rotatable bonds is 12. The first-order valence-electron chi connectivity index (χ1n) is 15.1. The van der Waals surface area contributed by atoms with Gasteiger partial charge in [0, 0.05) is 57.2 Å². The van der Waals surface area contributed by atoms with E-state index >= 15 is 0 Å². The molecule has 11 heteroatoms. The zero-order valence-corrected chi connectivity index (χ0v) is 28.1. The number of hydrogen-bond donors (Lipinski definition) is 0. The van der Waals surface area contributed by atoms with Crippen LogP contribution in [0.1, 0.15) is 50.5 Å². The summed E-state index contributed by atoms with van der Waals surface area (Å²) in [6.07, 6.45) is 10.9. The van der Waals surface area contributed by atoms with Crippen LogP contribution >= 0.6 is 11.3 Å². The van der Waals surface area contributed by atoms with Crippen molar-refractivity contribution < 1.29 is 4.74 Å². The van der Waals surface area contributed by atoms with Crippen LogP contribution in [0.4, 0.5) is 5.82 Å². The zero-order chi connectivity index (χ0) is 29.9. The summed E-state index contributed by atoms with van der Waals surface area (Å²) in [5, 5.41) is 10.8. The Morgan fingerprint density at radius 3 is 2.62 bits per heavy atom. The highest BCUT2D eigenvalue weighted by atomic mass is 32.1. The van der Waals surface area contributed by atoms with Gasteiger partial charge in [-0.15, -0.1) is 0 Å². The van der Waals surface area contributed by atoms with Crippen LogP contribution in [-0.4, -0.2) is 69.7 Å². The molecule has 0 spiro atoms. The van der Waals surface area contributed by atoms with Crippen LogP contribution in [0, 0.1) is 5.41 Å². The Morgan fingerprint density at radius 1 is 1.10 bits per heavy atom. The van der Waals surface area contributed by atoms with Crippen molar-refractivity contribution in [2.75, 3.05) is 27.2 Å². The molecule has 1 saturated carbocycles. The molecule has 5 rings (SSSR count). The molecule has 4 aromatic rings. The normalized spacial score (nSPS) is 15.5. The van der Waals surface area contributed by atoms with Crippen LogP contribution < -0.4 is 4.80 Å². The molecule has 0 saturated heterocycles. The fourth-order valence-electron chi connectivity index (χ4n) is 5.62. The third-order valence-corrected chi connectivity index (χ3v) is 10.4. The zero-order valence-electron chi connectivity index (χ0n) is 26.3. The van der Waals surface area contributed by atoms with E-state index in [-0.39, 0.29) is 5.41 Å². The molecule has 4 heterocycles. The second-order valence-electron chi connectivity index (χ2n) is 13.9. The van der Waals surface area contributed by atoms with Gasteiger partial charge in [0.05, 0.1) is 17.2 Å². The van der Waals surface area contributed by atoms with Gasteiger partial charge in [-0.25, -0.2) is 9.67 Å². The molecular weight excluding hydrogens is 561 g/mol. The Labute approximate surface area is 254 Å². The van der Waals surface area contributed by atoms with Crippen molar-refractivity contribution in [1.29, 1.82) is 0 Å². The lowest BCUT2D eigenvalue weighted by Crippen LogP contribution is -2.32. The number of pyridine rings is 2. The highest BCUT2D eigenvalue weighted by Crippen LogP contribution is 2.34. The molecule has 1 aliphatic rings. The quantitative estimate of drug-likeness (QED) is 0.134. The van der Waals surface area contributed by atoms with E-state index in [2.05, 4.69) is 69.8 Å². The maximum atomic E-state index is 6.08. The maximum Gasteiger partial charge on any atom is 0.211 e. The second-order valence-corrected chi connectivity index (χ2v) is 20.5. The van der Waals surface area contributed by atoms with E-state index in [0.717, 1.165) is 57.7 Å². The Hall–Kier alpha value is -2.73. The van der Waals surface area contributed by atoms with E-state index in [0.29, 0.717) is 18.5 Å². The second kappa shape index (κ2) is 12.9. The van der Waals surface area contributed by atoms with Crippen molar-refractivity contribution in [2.24, 2.45) is 10.4 Å². The van der Waals surface area contributed by atoms with Gasteiger partial charge in [0.15, 0.2) is 5.82 Å². The Morgan fingerprint density at radius 2 is 1.88 bits per heavy atom. The monoisotopic (exact) mass is 606 g/mol. The van der Waals surface area contributed by atoms with E-state index in [1.54, 1.807) is 11.3 Å². The molecule has 0 N–H and O–H groups in total. The topological polar surface area (TPSA) is 86.2 Å².